The van der Waals surface area contributed by atoms with Crippen LogP contribution < -0.4 is 16.0 Å². The smallest absolute Gasteiger partial charge is 0.119 e. The Labute approximate surface area is 102 Å². The van der Waals surface area contributed by atoms with E-state index in [4.69, 9.17) is 10.6 Å². The van der Waals surface area contributed by atoms with E-state index in [1.54, 1.807) is 7.11 Å². The molecule has 0 saturated heterocycles. The third-order valence-corrected chi connectivity index (χ3v) is 4.49. The van der Waals surface area contributed by atoms with Crippen LogP contribution in [-0.4, -0.2) is 7.11 Å². The molecular weight excluding hydrogens is 212 g/mol. The molecule has 92 valence electrons. The van der Waals surface area contributed by atoms with Gasteiger partial charge in [0.1, 0.15) is 5.75 Å². The summed E-state index contributed by atoms with van der Waals surface area (Å²) in [7, 11) is 1.70. The maximum absolute atomic E-state index is 5.75. The maximum Gasteiger partial charge on any atom is 0.119 e. The summed E-state index contributed by atoms with van der Waals surface area (Å²) >= 11 is 0. The van der Waals surface area contributed by atoms with Gasteiger partial charge in [-0.15, -0.1) is 0 Å². The molecule has 3 rings (SSSR count). The summed E-state index contributed by atoms with van der Waals surface area (Å²) in [5, 5.41) is 0. The highest BCUT2D eigenvalue weighted by atomic mass is 16.5. The molecule has 0 spiro atoms. The highest BCUT2D eigenvalue weighted by molar-refractivity contribution is 5.32. The normalized spacial score (nSPS) is 32.0. The number of methoxy groups -OCH3 is 1. The average Bonchev–Trinajstić information content (AvgIpc) is 2.85. The molecule has 2 saturated carbocycles. The Bertz CT molecular complexity index is 397. The van der Waals surface area contributed by atoms with Crippen LogP contribution in [-0.2, 0) is 0 Å². The first-order valence-electron chi connectivity index (χ1n) is 6.45. The molecule has 1 aromatic carbocycles. The van der Waals surface area contributed by atoms with Crippen molar-refractivity contribution in [3.8, 4) is 5.75 Å². The summed E-state index contributed by atoms with van der Waals surface area (Å²) in [5.41, 5.74) is 4.26. The van der Waals surface area contributed by atoms with E-state index in [2.05, 4.69) is 17.6 Å². The standard InChI is InChI=1S/C14H20N2O/c1-17-10-5-2-4-9(8-10)14(16-15)13-11-6-3-7-12(11)13/h2,4-5,8,11-14,16H,3,6-7,15H2,1H3. The van der Waals surface area contributed by atoms with Crippen molar-refractivity contribution in [2.45, 2.75) is 25.3 Å². The van der Waals surface area contributed by atoms with Gasteiger partial charge in [0, 0.05) is 6.04 Å². The first-order valence-corrected chi connectivity index (χ1v) is 6.45. The van der Waals surface area contributed by atoms with E-state index < -0.39 is 0 Å². The summed E-state index contributed by atoms with van der Waals surface area (Å²) < 4.78 is 5.28. The SMILES string of the molecule is COc1cccc(C(NN)C2C3CCCC32)c1. The van der Waals surface area contributed by atoms with Crippen LogP contribution in [0.5, 0.6) is 5.75 Å². The number of benzene rings is 1. The molecule has 3 atom stereocenters. The number of rotatable bonds is 4. The number of fused-ring (bicyclic) bond motifs is 1. The van der Waals surface area contributed by atoms with E-state index in [0.717, 1.165) is 23.5 Å². The van der Waals surface area contributed by atoms with Crippen molar-refractivity contribution in [2.24, 2.45) is 23.6 Å². The maximum atomic E-state index is 5.75. The monoisotopic (exact) mass is 232 g/mol. The van der Waals surface area contributed by atoms with Crippen LogP contribution in [0.25, 0.3) is 0 Å². The number of hydrogen-bond acceptors (Lipinski definition) is 3. The molecule has 17 heavy (non-hydrogen) atoms. The molecular formula is C14H20N2O. The van der Waals surface area contributed by atoms with Gasteiger partial charge in [-0.1, -0.05) is 18.6 Å². The zero-order chi connectivity index (χ0) is 11.8. The third-order valence-electron chi connectivity index (χ3n) is 4.49. The zero-order valence-electron chi connectivity index (χ0n) is 10.2. The van der Waals surface area contributed by atoms with Crippen molar-refractivity contribution in [1.29, 1.82) is 0 Å². The quantitative estimate of drug-likeness (QED) is 0.618. The third kappa shape index (κ3) is 1.83. The molecule has 2 aliphatic rings. The molecule has 0 amide bonds. The molecule has 0 aliphatic heterocycles. The van der Waals surface area contributed by atoms with Gasteiger partial charge in [-0.3, -0.25) is 11.3 Å². The van der Waals surface area contributed by atoms with Crippen LogP contribution in [0, 0.1) is 17.8 Å². The van der Waals surface area contributed by atoms with Gasteiger partial charge in [-0.25, -0.2) is 0 Å². The number of ether oxygens (including phenoxy) is 1. The Balaban J connectivity index is 1.80. The van der Waals surface area contributed by atoms with E-state index in [-0.39, 0.29) is 0 Å². The van der Waals surface area contributed by atoms with Gasteiger partial charge < -0.3 is 4.74 Å². The zero-order valence-corrected chi connectivity index (χ0v) is 10.2. The molecule has 2 fully saturated rings. The molecule has 3 nitrogen and oxygen atoms in total. The van der Waals surface area contributed by atoms with Crippen LogP contribution in [0.2, 0.25) is 0 Å². The van der Waals surface area contributed by atoms with Crippen LogP contribution in [0.1, 0.15) is 30.9 Å². The molecule has 0 heterocycles. The number of hydrazine groups is 1. The molecule has 3 heteroatoms. The lowest BCUT2D eigenvalue weighted by atomic mass is 9.97. The van der Waals surface area contributed by atoms with Crippen molar-refractivity contribution in [3.63, 3.8) is 0 Å². The second kappa shape index (κ2) is 4.31. The molecule has 1 aromatic rings. The van der Waals surface area contributed by atoms with Crippen LogP contribution in [0.15, 0.2) is 24.3 Å². The molecule has 0 aromatic heterocycles. The number of nitrogens with two attached hydrogens (primary N) is 1. The highest BCUT2D eigenvalue weighted by Crippen LogP contribution is 2.62. The second-order valence-corrected chi connectivity index (χ2v) is 5.26. The fourth-order valence-electron chi connectivity index (χ4n) is 3.64. The van der Waals surface area contributed by atoms with E-state index in [1.807, 2.05) is 12.1 Å². The van der Waals surface area contributed by atoms with Crippen LogP contribution in [0.4, 0.5) is 0 Å². The van der Waals surface area contributed by atoms with Gasteiger partial charge in [-0.05, 0) is 48.3 Å². The largest absolute Gasteiger partial charge is 0.497 e. The van der Waals surface area contributed by atoms with Crippen LogP contribution >= 0.6 is 0 Å². The number of hydrogen-bond donors (Lipinski definition) is 2. The molecule has 0 bridgehead atoms. The Kier molecular flexibility index (Phi) is 2.81. The molecule has 0 radical (unpaired) electrons. The van der Waals surface area contributed by atoms with Crippen molar-refractivity contribution < 1.29 is 4.74 Å². The van der Waals surface area contributed by atoms with E-state index in [0.29, 0.717) is 6.04 Å². The average molecular weight is 232 g/mol. The minimum absolute atomic E-state index is 0.292. The van der Waals surface area contributed by atoms with E-state index in [1.165, 1.54) is 24.8 Å². The van der Waals surface area contributed by atoms with Gasteiger partial charge in [0.2, 0.25) is 0 Å². The Morgan fingerprint density at radius 1 is 1.35 bits per heavy atom. The minimum Gasteiger partial charge on any atom is -0.497 e. The van der Waals surface area contributed by atoms with E-state index >= 15 is 0 Å². The summed E-state index contributed by atoms with van der Waals surface area (Å²) in [6.07, 6.45) is 4.18. The summed E-state index contributed by atoms with van der Waals surface area (Å²) in [6.45, 7) is 0. The highest BCUT2D eigenvalue weighted by Gasteiger charge is 2.55. The molecule has 3 N–H and O–H groups in total. The summed E-state index contributed by atoms with van der Waals surface area (Å²) in [6, 6.07) is 8.54. The van der Waals surface area contributed by atoms with Crippen molar-refractivity contribution >= 4 is 0 Å². The fourth-order valence-corrected chi connectivity index (χ4v) is 3.64. The molecule has 3 unspecified atom stereocenters. The van der Waals surface area contributed by atoms with Crippen molar-refractivity contribution in [2.75, 3.05) is 7.11 Å². The van der Waals surface area contributed by atoms with Gasteiger partial charge >= 0.3 is 0 Å². The topological polar surface area (TPSA) is 47.3 Å². The van der Waals surface area contributed by atoms with E-state index in [9.17, 15) is 0 Å². The van der Waals surface area contributed by atoms with Crippen LogP contribution in [0.3, 0.4) is 0 Å². The Morgan fingerprint density at radius 3 is 2.76 bits per heavy atom. The van der Waals surface area contributed by atoms with Crippen molar-refractivity contribution in [3.05, 3.63) is 29.8 Å². The lowest BCUT2D eigenvalue weighted by molar-refractivity contribution is 0.405. The predicted octanol–water partition coefficient (Wildman–Crippen LogP) is 2.25. The lowest BCUT2D eigenvalue weighted by Crippen LogP contribution is -2.30. The second-order valence-electron chi connectivity index (χ2n) is 5.26. The first kappa shape index (κ1) is 11.1. The molecule has 2 aliphatic carbocycles. The first-order chi connectivity index (χ1) is 8.35. The summed E-state index contributed by atoms with van der Waals surface area (Å²) in [5.74, 6) is 9.21. The predicted molar refractivity (Wildman–Crippen MR) is 67.4 cm³/mol. The van der Waals surface area contributed by atoms with Gasteiger partial charge in [0.15, 0.2) is 0 Å². The fraction of sp³-hybridized carbons (Fsp3) is 0.571. The van der Waals surface area contributed by atoms with Gasteiger partial charge in [-0.2, -0.15) is 0 Å². The van der Waals surface area contributed by atoms with Gasteiger partial charge in [0.05, 0.1) is 7.11 Å². The van der Waals surface area contributed by atoms with Gasteiger partial charge in [0.25, 0.3) is 0 Å². The Hall–Kier alpha value is -1.06. The van der Waals surface area contributed by atoms with Crippen molar-refractivity contribution in [1.82, 2.24) is 5.43 Å². The minimum atomic E-state index is 0.292. The lowest BCUT2D eigenvalue weighted by Gasteiger charge is -2.19. The number of nitrogens with one attached hydrogen (secondary N) is 1. The Morgan fingerprint density at radius 2 is 2.12 bits per heavy atom. The summed E-state index contributed by atoms with van der Waals surface area (Å²) in [4.78, 5) is 0.